The number of hydrogen-bond donors (Lipinski definition) is 2. The summed E-state index contributed by atoms with van der Waals surface area (Å²) in [5.41, 5.74) is 5.80. The van der Waals surface area contributed by atoms with Crippen molar-refractivity contribution in [1.29, 1.82) is 0 Å². The van der Waals surface area contributed by atoms with Gasteiger partial charge in [0.1, 0.15) is 5.82 Å². The molecule has 0 spiro atoms. The van der Waals surface area contributed by atoms with Gasteiger partial charge in [0.15, 0.2) is 0 Å². The van der Waals surface area contributed by atoms with Crippen molar-refractivity contribution in [3.63, 3.8) is 0 Å². The van der Waals surface area contributed by atoms with E-state index in [0.717, 1.165) is 17.5 Å². The van der Waals surface area contributed by atoms with Gasteiger partial charge in [0.2, 0.25) is 0 Å². The van der Waals surface area contributed by atoms with Gasteiger partial charge in [-0.3, -0.25) is 5.84 Å². The van der Waals surface area contributed by atoms with Gasteiger partial charge in [-0.05, 0) is 41.3 Å². The molecule has 0 aliphatic rings. The van der Waals surface area contributed by atoms with Gasteiger partial charge < -0.3 is 0 Å². The van der Waals surface area contributed by atoms with Crippen LogP contribution < -0.4 is 11.3 Å². The van der Waals surface area contributed by atoms with Crippen LogP contribution in [-0.4, -0.2) is 0 Å². The molecule has 0 aliphatic heterocycles. The van der Waals surface area contributed by atoms with Crippen LogP contribution in [0.3, 0.4) is 0 Å². The third-order valence-corrected chi connectivity index (χ3v) is 3.56. The van der Waals surface area contributed by atoms with Crippen molar-refractivity contribution in [2.45, 2.75) is 19.4 Å². The largest absolute Gasteiger partial charge is 0.271 e. The minimum absolute atomic E-state index is 0.224. The molecule has 19 heavy (non-hydrogen) atoms. The summed E-state index contributed by atoms with van der Waals surface area (Å²) >= 11 is 3.30. The van der Waals surface area contributed by atoms with E-state index in [1.807, 2.05) is 18.2 Å². The molecule has 2 nitrogen and oxygen atoms in total. The van der Waals surface area contributed by atoms with Gasteiger partial charge >= 0.3 is 0 Å². The summed E-state index contributed by atoms with van der Waals surface area (Å²) in [6, 6.07) is 12.7. The molecule has 0 radical (unpaired) electrons. The van der Waals surface area contributed by atoms with Crippen LogP contribution in [-0.2, 0) is 6.42 Å². The van der Waals surface area contributed by atoms with Crippen LogP contribution in [0.5, 0.6) is 0 Å². The van der Waals surface area contributed by atoms with E-state index in [9.17, 15) is 4.39 Å². The van der Waals surface area contributed by atoms with Gasteiger partial charge in [0.25, 0.3) is 0 Å². The summed E-state index contributed by atoms with van der Waals surface area (Å²) in [5, 5.41) is 0. The molecule has 0 bridgehead atoms. The van der Waals surface area contributed by atoms with Crippen LogP contribution in [0.25, 0.3) is 0 Å². The highest BCUT2D eigenvalue weighted by atomic mass is 79.9. The number of hydrazine groups is 1. The van der Waals surface area contributed by atoms with E-state index >= 15 is 0 Å². The fourth-order valence-corrected chi connectivity index (χ4v) is 2.56. The lowest BCUT2D eigenvalue weighted by molar-refractivity contribution is 0.604. The molecule has 0 aromatic heterocycles. The number of nitrogens with one attached hydrogen (secondary N) is 1. The maximum atomic E-state index is 13.5. The first-order chi connectivity index (χ1) is 9.13. The number of halogens is 2. The third kappa shape index (κ3) is 3.41. The van der Waals surface area contributed by atoms with E-state index in [1.54, 1.807) is 0 Å². The third-order valence-electron chi connectivity index (χ3n) is 3.11. The average Bonchev–Trinajstić information content (AvgIpc) is 2.39. The van der Waals surface area contributed by atoms with Crippen molar-refractivity contribution in [1.82, 2.24) is 5.43 Å². The molecule has 2 aromatic carbocycles. The first kappa shape index (κ1) is 14.2. The van der Waals surface area contributed by atoms with Crippen LogP contribution in [0.15, 0.2) is 46.9 Å². The zero-order chi connectivity index (χ0) is 13.8. The van der Waals surface area contributed by atoms with Gasteiger partial charge in [-0.2, -0.15) is 0 Å². The van der Waals surface area contributed by atoms with Crippen molar-refractivity contribution in [3.8, 4) is 0 Å². The smallest absolute Gasteiger partial charge is 0.124 e. The Bertz CT molecular complexity index is 534. The monoisotopic (exact) mass is 322 g/mol. The van der Waals surface area contributed by atoms with E-state index in [2.05, 4.69) is 40.4 Å². The molecular formula is C15H16BrFN2. The van der Waals surface area contributed by atoms with E-state index in [0.29, 0.717) is 4.47 Å². The summed E-state index contributed by atoms with van der Waals surface area (Å²) in [6.07, 6.45) is 0.993. The summed E-state index contributed by atoms with van der Waals surface area (Å²) in [4.78, 5) is 0. The molecule has 0 saturated heterocycles. The average molecular weight is 323 g/mol. The highest BCUT2D eigenvalue weighted by Gasteiger charge is 2.13. The summed E-state index contributed by atoms with van der Waals surface area (Å²) in [6.45, 7) is 2.11. The number of rotatable bonds is 4. The van der Waals surface area contributed by atoms with Gasteiger partial charge in [-0.15, -0.1) is 0 Å². The topological polar surface area (TPSA) is 38.0 Å². The summed E-state index contributed by atoms with van der Waals surface area (Å²) in [7, 11) is 0. The predicted octanol–water partition coefficient (Wildman–Crippen LogP) is 3.70. The van der Waals surface area contributed by atoms with Crippen LogP contribution in [0.1, 0.15) is 29.7 Å². The predicted molar refractivity (Wildman–Crippen MR) is 79.1 cm³/mol. The number of hydrogen-bond acceptors (Lipinski definition) is 2. The van der Waals surface area contributed by atoms with E-state index in [1.165, 1.54) is 17.7 Å². The van der Waals surface area contributed by atoms with Crippen LogP contribution in [0.2, 0.25) is 0 Å². The first-order valence-electron chi connectivity index (χ1n) is 6.15. The molecule has 2 rings (SSSR count). The zero-order valence-electron chi connectivity index (χ0n) is 10.7. The molecular weight excluding hydrogens is 307 g/mol. The fourth-order valence-electron chi connectivity index (χ4n) is 2.07. The summed E-state index contributed by atoms with van der Waals surface area (Å²) < 4.78 is 14.2. The van der Waals surface area contributed by atoms with Crippen molar-refractivity contribution < 1.29 is 4.39 Å². The SMILES string of the molecule is CCc1ccc(C(NN)c2cc(F)cc(Br)c2)cc1. The lowest BCUT2D eigenvalue weighted by Crippen LogP contribution is -2.28. The Morgan fingerprint density at radius 3 is 2.37 bits per heavy atom. The second-order valence-corrected chi connectivity index (χ2v) is 5.31. The molecule has 2 aromatic rings. The maximum absolute atomic E-state index is 13.5. The van der Waals surface area contributed by atoms with Crippen molar-refractivity contribution in [3.05, 3.63) is 69.4 Å². The molecule has 4 heteroatoms. The molecule has 1 unspecified atom stereocenters. The molecule has 0 saturated carbocycles. The zero-order valence-corrected chi connectivity index (χ0v) is 12.2. The van der Waals surface area contributed by atoms with Crippen LogP contribution in [0, 0.1) is 5.82 Å². The molecule has 3 N–H and O–H groups in total. The highest BCUT2D eigenvalue weighted by Crippen LogP contribution is 2.25. The lowest BCUT2D eigenvalue weighted by atomic mass is 9.98. The van der Waals surface area contributed by atoms with E-state index in [-0.39, 0.29) is 11.9 Å². The fraction of sp³-hybridized carbons (Fsp3) is 0.200. The Labute approximate surface area is 120 Å². The molecule has 0 heterocycles. The Morgan fingerprint density at radius 2 is 1.84 bits per heavy atom. The molecule has 0 amide bonds. The molecule has 0 fully saturated rings. The van der Waals surface area contributed by atoms with Gasteiger partial charge in [0.05, 0.1) is 6.04 Å². The van der Waals surface area contributed by atoms with Gasteiger partial charge in [-0.25, -0.2) is 9.82 Å². The second-order valence-electron chi connectivity index (χ2n) is 4.40. The Balaban J connectivity index is 2.37. The number of benzene rings is 2. The van der Waals surface area contributed by atoms with Crippen LogP contribution >= 0.6 is 15.9 Å². The molecule has 0 aliphatic carbocycles. The van der Waals surface area contributed by atoms with E-state index in [4.69, 9.17) is 5.84 Å². The minimum Gasteiger partial charge on any atom is -0.271 e. The lowest BCUT2D eigenvalue weighted by Gasteiger charge is -2.17. The quantitative estimate of drug-likeness (QED) is 0.665. The second kappa shape index (κ2) is 6.28. The Kier molecular flexibility index (Phi) is 4.69. The van der Waals surface area contributed by atoms with E-state index < -0.39 is 0 Å². The Hall–Kier alpha value is -1.23. The van der Waals surface area contributed by atoms with Crippen molar-refractivity contribution in [2.24, 2.45) is 5.84 Å². The van der Waals surface area contributed by atoms with Gasteiger partial charge in [-0.1, -0.05) is 47.1 Å². The van der Waals surface area contributed by atoms with Crippen molar-refractivity contribution >= 4 is 15.9 Å². The first-order valence-corrected chi connectivity index (χ1v) is 6.94. The minimum atomic E-state index is -0.283. The maximum Gasteiger partial charge on any atom is 0.124 e. The standard InChI is InChI=1S/C15H16BrFN2/c1-2-10-3-5-11(6-4-10)15(19-18)12-7-13(16)9-14(17)8-12/h3-9,15,19H,2,18H2,1H3. The summed E-state index contributed by atoms with van der Waals surface area (Å²) in [5.74, 6) is 5.34. The van der Waals surface area contributed by atoms with Crippen molar-refractivity contribution in [2.75, 3.05) is 0 Å². The normalized spacial score (nSPS) is 12.4. The number of aryl methyl sites for hydroxylation is 1. The number of nitrogens with two attached hydrogens (primary N) is 1. The molecule has 100 valence electrons. The van der Waals surface area contributed by atoms with Crippen LogP contribution in [0.4, 0.5) is 4.39 Å². The highest BCUT2D eigenvalue weighted by molar-refractivity contribution is 9.10. The molecule has 1 atom stereocenters. The van der Waals surface area contributed by atoms with Gasteiger partial charge in [0, 0.05) is 4.47 Å². The Morgan fingerprint density at radius 1 is 1.16 bits per heavy atom.